The van der Waals surface area contributed by atoms with Crippen LogP contribution >= 0.6 is 11.6 Å². The normalized spacial score (nSPS) is 18.4. The van der Waals surface area contributed by atoms with Gasteiger partial charge in [0.15, 0.2) is 0 Å². The van der Waals surface area contributed by atoms with Crippen molar-refractivity contribution in [3.8, 4) is 5.75 Å². The fraction of sp³-hybridized carbons (Fsp3) is 0.481. The molecule has 2 aromatic rings. The second kappa shape index (κ2) is 11.5. The fourth-order valence-electron chi connectivity index (χ4n) is 4.23. The predicted molar refractivity (Wildman–Crippen MR) is 143 cm³/mol. The van der Waals surface area contributed by atoms with Crippen LogP contribution in [0.3, 0.4) is 0 Å². The number of amides is 2. The first kappa shape index (κ1) is 26.9. The minimum atomic E-state index is -0.517. The van der Waals surface area contributed by atoms with E-state index in [1.165, 1.54) is 6.20 Å². The molecule has 0 bridgehead atoms. The number of aromatic nitrogens is 2. The Balaban J connectivity index is 1.30. The van der Waals surface area contributed by atoms with Crippen LogP contribution in [0.25, 0.3) is 5.57 Å². The molecular weight excluding hydrogens is 494 g/mol. The molecule has 1 saturated heterocycles. The summed E-state index contributed by atoms with van der Waals surface area (Å²) in [6.45, 7) is 8.44. The minimum Gasteiger partial charge on any atom is -0.487 e. The Hall–Kier alpha value is -3.17. The van der Waals surface area contributed by atoms with Crippen LogP contribution in [-0.2, 0) is 16.0 Å². The van der Waals surface area contributed by atoms with E-state index in [4.69, 9.17) is 21.1 Å². The maximum atomic E-state index is 12.6. The Bertz CT molecular complexity index is 1160. The van der Waals surface area contributed by atoms with Crippen molar-refractivity contribution in [2.45, 2.75) is 51.7 Å². The van der Waals surface area contributed by atoms with Gasteiger partial charge in [-0.05, 0) is 57.9 Å². The molecule has 1 fully saturated rings. The van der Waals surface area contributed by atoms with E-state index in [-0.39, 0.29) is 24.5 Å². The molecule has 2 aromatic heterocycles. The summed E-state index contributed by atoms with van der Waals surface area (Å²) in [5, 5.41) is 3.23. The first-order valence-electron chi connectivity index (χ1n) is 12.5. The summed E-state index contributed by atoms with van der Waals surface area (Å²) in [5.41, 5.74) is 2.18. The van der Waals surface area contributed by atoms with Gasteiger partial charge in [0, 0.05) is 38.4 Å². The largest absolute Gasteiger partial charge is 0.487 e. The van der Waals surface area contributed by atoms with Gasteiger partial charge in [0.2, 0.25) is 5.91 Å². The predicted octanol–water partition coefficient (Wildman–Crippen LogP) is 4.42. The minimum absolute atomic E-state index is 0.0673. The summed E-state index contributed by atoms with van der Waals surface area (Å²) in [6.07, 6.45) is 6.73. The second-order valence-electron chi connectivity index (χ2n) is 10.5. The number of likely N-dealkylation sites (tertiary alicyclic amines) is 1. The van der Waals surface area contributed by atoms with Crippen molar-refractivity contribution in [2.75, 3.05) is 38.5 Å². The van der Waals surface area contributed by atoms with Crippen LogP contribution in [0.15, 0.2) is 36.7 Å². The maximum Gasteiger partial charge on any atom is 0.410 e. The lowest BCUT2D eigenvalue weighted by Gasteiger charge is -2.29. The van der Waals surface area contributed by atoms with Gasteiger partial charge < -0.3 is 24.6 Å². The number of carbonyl (C=O) groups excluding carboxylic acids is 2. The van der Waals surface area contributed by atoms with Crippen LogP contribution in [0.5, 0.6) is 5.75 Å². The van der Waals surface area contributed by atoms with Crippen molar-refractivity contribution in [1.29, 1.82) is 0 Å². The fourth-order valence-corrected chi connectivity index (χ4v) is 4.38. The number of hydrogen-bond acceptors (Lipinski definition) is 7. The molecule has 1 atom stereocenters. The lowest BCUT2D eigenvalue weighted by molar-refractivity contribution is -0.115. The molecule has 4 rings (SSSR count). The van der Waals surface area contributed by atoms with Crippen LogP contribution in [0, 0.1) is 0 Å². The quantitative estimate of drug-likeness (QED) is 0.594. The van der Waals surface area contributed by atoms with E-state index in [0.717, 1.165) is 36.3 Å². The van der Waals surface area contributed by atoms with Crippen LogP contribution < -0.4 is 10.1 Å². The van der Waals surface area contributed by atoms with Gasteiger partial charge in [-0.1, -0.05) is 23.7 Å². The molecule has 0 aromatic carbocycles. The molecule has 2 amide bonds. The third-order valence-electron chi connectivity index (χ3n) is 6.11. The van der Waals surface area contributed by atoms with Crippen molar-refractivity contribution in [2.24, 2.45) is 0 Å². The summed E-state index contributed by atoms with van der Waals surface area (Å²) < 4.78 is 11.5. The van der Waals surface area contributed by atoms with E-state index in [9.17, 15) is 9.59 Å². The van der Waals surface area contributed by atoms with E-state index in [1.807, 2.05) is 39.0 Å². The van der Waals surface area contributed by atoms with Crippen LogP contribution in [0.1, 0.15) is 44.9 Å². The number of halogens is 1. The van der Waals surface area contributed by atoms with Gasteiger partial charge in [-0.25, -0.2) is 9.78 Å². The van der Waals surface area contributed by atoms with E-state index in [0.29, 0.717) is 36.1 Å². The number of rotatable bonds is 6. The van der Waals surface area contributed by atoms with E-state index < -0.39 is 5.60 Å². The van der Waals surface area contributed by atoms with Crippen molar-refractivity contribution < 1.29 is 19.1 Å². The highest BCUT2D eigenvalue weighted by Crippen LogP contribution is 2.29. The monoisotopic (exact) mass is 527 g/mol. The molecule has 1 N–H and O–H groups in total. The number of anilines is 1. The zero-order chi connectivity index (χ0) is 26.6. The SMILES string of the molecule is CN1CC[C@@H](Oc2cc(NC(=O)Cc3ccc(C4=CCN(C(=O)OC(C)(C)C)CC4)nc3)ncc2Cl)C1. The summed E-state index contributed by atoms with van der Waals surface area (Å²) in [5.74, 6) is 0.701. The van der Waals surface area contributed by atoms with Crippen molar-refractivity contribution >= 4 is 35.0 Å². The van der Waals surface area contributed by atoms with Gasteiger partial charge >= 0.3 is 6.09 Å². The molecule has 0 saturated carbocycles. The number of carbonyl (C=O) groups is 2. The average Bonchev–Trinajstić information content (AvgIpc) is 3.25. The first-order chi connectivity index (χ1) is 17.6. The molecular formula is C27H34ClN5O4. The summed E-state index contributed by atoms with van der Waals surface area (Å²) >= 11 is 6.25. The second-order valence-corrected chi connectivity index (χ2v) is 10.9. The zero-order valence-corrected chi connectivity index (χ0v) is 22.5. The Morgan fingerprint density at radius 3 is 2.62 bits per heavy atom. The molecule has 2 aliphatic heterocycles. The molecule has 0 radical (unpaired) electrons. The highest BCUT2D eigenvalue weighted by Gasteiger charge is 2.24. The van der Waals surface area contributed by atoms with Gasteiger partial charge in [-0.15, -0.1) is 0 Å². The first-order valence-corrected chi connectivity index (χ1v) is 12.9. The van der Waals surface area contributed by atoms with Crippen molar-refractivity contribution in [3.63, 3.8) is 0 Å². The van der Waals surface area contributed by atoms with E-state index >= 15 is 0 Å². The van der Waals surface area contributed by atoms with Crippen LogP contribution in [0.4, 0.5) is 10.6 Å². The molecule has 0 aliphatic carbocycles. The number of hydrogen-bond donors (Lipinski definition) is 1. The molecule has 198 valence electrons. The highest BCUT2D eigenvalue weighted by molar-refractivity contribution is 6.32. The zero-order valence-electron chi connectivity index (χ0n) is 21.8. The topological polar surface area (TPSA) is 96.9 Å². The number of pyridine rings is 2. The Morgan fingerprint density at radius 2 is 2.00 bits per heavy atom. The molecule has 0 spiro atoms. The van der Waals surface area contributed by atoms with Gasteiger partial charge in [0.05, 0.1) is 18.3 Å². The molecule has 10 heteroatoms. The van der Waals surface area contributed by atoms with Gasteiger partial charge in [-0.2, -0.15) is 0 Å². The van der Waals surface area contributed by atoms with E-state index in [1.54, 1.807) is 17.2 Å². The average molecular weight is 528 g/mol. The molecule has 2 aliphatic rings. The van der Waals surface area contributed by atoms with Gasteiger partial charge in [-0.3, -0.25) is 9.78 Å². The lowest BCUT2D eigenvalue weighted by atomic mass is 10.0. The van der Waals surface area contributed by atoms with Crippen molar-refractivity contribution in [1.82, 2.24) is 19.8 Å². The van der Waals surface area contributed by atoms with Gasteiger partial charge in [0.1, 0.15) is 28.3 Å². The number of ether oxygens (including phenoxy) is 2. The summed E-state index contributed by atoms with van der Waals surface area (Å²) in [7, 11) is 2.05. The van der Waals surface area contributed by atoms with Crippen LogP contribution in [0.2, 0.25) is 5.02 Å². The molecule has 0 unspecified atom stereocenters. The summed E-state index contributed by atoms with van der Waals surface area (Å²) in [4.78, 5) is 37.5. The van der Waals surface area contributed by atoms with Crippen LogP contribution in [-0.4, -0.2) is 76.7 Å². The Labute approximate surface area is 222 Å². The number of likely N-dealkylation sites (N-methyl/N-ethyl adjacent to an activating group) is 1. The third kappa shape index (κ3) is 7.66. The maximum absolute atomic E-state index is 12.6. The molecule has 37 heavy (non-hydrogen) atoms. The van der Waals surface area contributed by atoms with Crippen molar-refractivity contribution in [3.05, 3.63) is 52.9 Å². The smallest absolute Gasteiger partial charge is 0.410 e. The number of nitrogens with zero attached hydrogens (tertiary/aromatic N) is 4. The third-order valence-corrected chi connectivity index (χ3v) is 6.39. The highest BCUT2D eigenvalue weighted by atomic mass is 35.5. The number of nitrogens with one attached hydrogen (secondary N) is 1. The van der Waals surface area contributed by atoms with E-state index in [2.05, 4.69) is 27.2 Å². The lowest BCUT2D eigenvalue weighted by Crippen LogP contribution is -2.39. The standard InChI is InChI=1S/C27H34ClN5O4/c1-27(2,3)37-26(35)33-11-7-19(8-12-33)22-6-5-18(15-29-22)13-25(34)31-24-14-23(21(28)16-30-24)36-20-9-10-32(4)17-20/h5-7,14-16,20H,8-13,17H2,1-4H3,(H,30,31,34)/t20-/m1/s1. The summed E-state index contributed by atoms with van der Waals surface area (Å²) in [6, 6.07) is 5.46. The Kier molecular flexibility index (Phi) is 8.34. The Morgan fingerprint density at radius 1 is 1.19 bits per heavy atom. The van der Waals surface area contributed by atoms with Gasteiger partial charge in [0.25, 0.3) is 0 Å². The molecule has 9 nitrogen and oxygen atoms in total. The molecule has 4 heterocycles.